The third-order valence-corrected chi connectivity index (χ3v) is 6.74. The van der Waals surface area contributed by atoms with Crippen molar-refractivity contribution < 1.29 is 13.2 Å². The summed E-state index contributed by atoms with van der Waals surface area (Å²) in [4.78, 5) is 4.41. The van der Waals surface area contributed by atoms with Crippen LogP contribution in [-0.4, -0.2) is 30.2 Å². The van der Waals surface area contributed by atoms with Crippen molar-refractivity contribution in [1.29, 1.82) is 0 Å². The number of allylic oxidation sites excluding steroid dienone is 1. The quantitative estimate of drug-likeness (QED) is 0.265. The first-order chi connectivity index (χ1) is 17.1. The zero-order chi connectivity index (χ0) is 24.3. The minimum absolute atomic E-state index is 0.237. The SMILES string of the molecule is O=S(=O)(Nc1cccc(/C=C/CCCOc2ccccc2CCc2ncn[nH]2)c1)c1ccccc1. The van der Waals surface area contributed by atoms with Gasteiger partial charge in [-0.3, -0.25) is 9.82 Å². The van der Waals surface area contributed by atoms with Gasteiger partial charge in [-0.05, 0) is 60.7 Å². The fraction of sp³-hybridized carbons (Fsp3) is 0.185. The lowest BCUT2D eigenvalue weighted by Gasteiger charge is -2.10. The van der Waals surface area contributed by atoms with Crippen molar-refractivity contribution in [2.75, 3.05) is 11.3 Å². The number of aromatic nitrogens is 3. The fourth-order valence-electron chi connectivity index (χ4n) is 3.58. The number of unbranched alkanes of at least 4 members (excludes halogenated alkanes) is 1. The van der Waals surface area contributed by atoms with Crippen molar-refractivity contribution in [3.05, 3.63) is 108 Å². The number of anilines is 1. The van der Waals surface area contributed by atoms with E-state index in [0.29, 0.717) is 12.3 Å². The van der Waals surface area contributed by atoms with Crippen LogP contribution in [0.25, 0.3) is 6.08 Å². The van der Waals surface area contributed by atoms with E-state index in [1.54, 1.807) is 36.4 Å². The Morgan fingerprint density at radius 3 is 2.60 bits per heavy atom. The molecule has 35 heavy (non-hydrogen) atoms. The van der Waals surface area contributed by atoms with Crippen molar-refractivity contribution >= 4 is 21.8 Å². The zero-order valence-corrected chi connectivity index (χ0v) is 20.1. The smallest absolute Gasteiger partial charge is 0.261 e. The van der Waals surface area contributed by atoms with E-state index in [9.17, 15) is 8.42 Å². The number of rotatable bonds is 12. The van der Waals surface area contributed by atoms with Gasteiger partial charge in [0, 0.05) is 12.1 Å². The van der Waals surface area contributed by atoms with Gasteiger partial charge < -0.3 is 4.74 Å². The predicted molar refractivity (Wildman–Crippen MR) is 138 cm³/mol. The highest BCUT2D eigenvalue weighted by molar-refractivity contribution is 7.92. The Labute approximate surface area is 206 Å². The molecule has 0 fully saturated rings. The van der Waals surface area contributed by atoms with Crippen LogP contribution in [0.3, 0.4) is 0 Å². The topological polar surface area (TPSA) is 97.0 Å². The van der Waals surface area contributed by atoms with Crippen LogP contribution in [-0.2, 0) is 22.9 Å². The van der Waals surface area contributed by atoms with E-state index in [-0.39, 0.29) is 4.90 Å². The molecule has 2 N–H and O–H groups in total. The number of nitrogens with one attached hydrogen (secondary N) is 2. The summed E-state index contributed by atoms with van der Waals surface area (Å²) < 4.78 is 33.7. The van der Waals surface area contributed by atoms with Crippen LogP contribution >= 0.6 is 0 Å². The van der Waals surface area contributed by atoms with Gasteiger partial charge in [0.15, 0.2) is 0 Å². The first kappa shape index (κ1) is 24.2. The fourth-order valence-corrected chi connectivity index (χ4v) is 4.65. The molecule has 0 amide bonds. The molecule has 7 nitrogen and oxygen atoms in total. The summed E-state index contributed by atoms with van der Waals surface area (Å²) in [6.07, 6.45) is 8.91. The lowest BCUT2D eigenvalue weighted by Crippen LogP contribution is -2.12. The van der Waals surface area contributed by atoms with E-state index in [0.717, 1.165) is 48.4 Å². The minimum Gasteiger partial charge on any atom is -0.493 e. The molecular formula is C27H28N4O3S. The maximum Gasteiger partial charge on any atom is 0.261 e. The molecule has 0 unspecified atom stereocenters. The van der Waals surface area contributed by atoms with Crippen molar-refractivity contribution in [1.82, 2.24) is 15.2 Å². The number of hydrogen-bond acceptors (Lipinski definition) is 5. The molecule has 4 aromatic rings. The van der Waals surface area contributed by atoms with E-state index < -0.39 is 10.0 Å². The van der Waals surface area contributed by atoms with Gasteiger partial charge in [0.2, 0.25) is 0 Å². The van der Waals surface area contributed by atoms with Gasteiger partial charge in [-0.1, -0.05) is 60.7 Å². The third-order valence-electron chi connectivity index (χ3n) is 5.34. The number of sulfonamides is 1. The Kier molecular flexibility index (Phi) is 8.30. The van der Waals surface area contributed by atoms with Gasteiger partial charge in [-0.15, -0.1) is 0 Å². The van der Waals surface area contributed by atoms with Gasteiger partial charge in [-0.2, -0.15) is 5.10 Å². The molecule has 0 atom stereocenters. The first-order valence-electron chi connectivity index (χ1n) is 11.5. The molecule has 0 aliphatic carbocycles. The monoisotopic (exact) mass is 488 g/mol. The summed E-state index contributed by atoms with van der Waals surface area (Å²) in [6, 6.07) is 23.7. The van der Waals surface area contributed by atoms with E-state index in [1.807, 2.05) is 42.5 Å². The largest absolute Gasteiger partial charge is 0.493 e. The second-order valence-corrected chi connectivity index (χ2v) is 9.66. The number of benzene rings is 3. The van der Waals surface area contributed by atoms with E-state index in [4.69, 9.17) is 4.74 Å². The first-order valence-corrected chi connectivity index (χ1v) is 13.0. The molecule has 0 bridgehead atoms. The van der Waals surface area contributed by atoms with Crippen LogP contribution in [0.4, 0.5) is 5.69 Å². The molecule has 0 aliphatic rings. The number of H-pyrrole nitrogens is 1. The molecule has 0 aliphatic heterocycles. The second-order valence-electron chi connectivity index (χ2n) is 7.98. The predicted octanol–water partition coefficient (Wildman–Crippen LogP) is 5.26. The van der Waals surface area contributed by atoms with Crippen molar-refractivity contribution in [2.24, 2.45) is 0 Å². The van der Waals surface area contributed by atoms with Crippen LogP contribution in [0.15, 0.2) is 96.2 Å². The maximum atomic E-state index is 12.5. The molecule has 0 radical (unpaired) electrons. The molecule has 0 spiro atoms. The van der Waals surface area contributed by atoms with Crippen LogP contribution in [0, 0.1) is 0 Å². The average molecular weight is 489 g/mol. The molecule has 3 aromatic carbocycles. The third kappa shape index (κ3) is 7.28. The second kappa shape index (κ2) is 12.0. The summed E-state index contributed by atoms with van der Waals surface area (Å²) in [5.41, 5.74) is 2.60. The van der Waals surface area contributed by atoms with Gasteiger partial charge in [0.1, 0.15) is 17.9 Å². The van der Waals surface area contributed by atoms with Crippen LogP contribution in [0.2, 0.25) is 0 Å². The van der Waals surface area contributed by atoms with E-state index in [1.165, 1.54) is 6.33 Å². The lowest BCUT2D eigenvalue weighted by molar-refractivity contribution is 0.309. The molecule has 0 saturated heterocycles. The molecular weight excluding hydrogens is 460 g/mol. The number of ether oxygens (including phenoxy) is 1. The Morgan fingerprint density at radius 1 is 0.943 bits per heavy atom. The van der Waals surface area contributed by atoms with Crippen molar-refractivity contribution in [2.45, 2.75) is 30.6 Å². The molecule has 4 rings (SSSR count). The molecule has 1 aromatic heterocycles. The van der Waals surface area contributed by atoms with E-state index >= 15 is 0 Å². The minimum atomic E-state index is -3.61. The number of nitrogens with zero attached hydrogens (tertiary/aromatic N) is 2. The molecule has 8 heteroatoms. The molecule has 1 heterocycles. The van der Waals surface area contributed by atoms with Crippen LogP contribution in [0.1, 0.15) is 29.8 Å². The molecule has 180 valence electrons. The highest BCUT2D eigenvalue weighted by atomic mass is 32.2. The summed E-state index contributed by atoms with van der Waals surface area (Å²) in [5.74, 6) is 1.76. The Bertz CT molecular complexity index is 1340. The van der Waals surface area contributed by atoms with Crippen molar-refractivity contribution in [3.8, 4) is 5.75 Å². The maximum absolute atomic E-state index is 12.5. The Morgan fingerprint density at radius 2 is 1.77 bits per heavy atom. The van der Waals surface area contributed by atoms with Gasteiger partial charge >= 0.3 is 0 Å². The number of hydrogen-bond donors (Lipinski definition) is 2. The summed E-state index contributed by atoms with van der Waals surface area (Å²) in [7, 11) is -3.61. The van der Waals surface area contributed by atoms with Crippen LogP contribution in [0.5, 0.6) is 5.75 Å². The highest BCUT2D eigenvalue weighted by Gasteiger charge is 2.13. The summed E-state index contributed by atoms with van der Waals surface area (Å²) >= 11 is 0. The Hall–Kier alpha value is -3.91. The number of aromatic amines is 1. The summed E-state index contributed by atoms with van der Waals surface area (Å²) in [5, 5.41) is 6.77. The standard InChI is InChI=1S/C27H28N4O3S/c32-35(33,25-14-4-1-5-15-25)31-24-13-9-11-22(20-24)10-3-2-8-19-34-26-16-7-6-12-23(26)17-18-27-28-21-29-30-27/h1,3-7,9-16,20-21,31H,2,8,17-19H2,(H,28,29,30)/b10-3+. The molecule has 0 saturated carbocycles. The highest BCUT2D eigenvalue weighted by Crippen LogP contribution is 2.20. The Balaban J connectivity index is 1.24. The van der Waals surface area contributed by atoms with Crippen molar-refractivity contribution in [3.63, 3.8) is 0 Å². The average Bonchev–Trinajstić information content (AvgIpc) is 3.40. The normalized spacial score (nSPS) is 11.5. The van der Waals surface area contributed by atoms with Gasteiger partial charge in [0.25, 0.3) is 10.0 Å². The summed E-state index contributed by atoms with van der Waals surface area (Å²) in [6.45, 7) is 0.612. The zero-order valence-electron chi connectivity index (χ0n) is 19.3. The van der Waals surface area contributed by atoms with Gasteiger partial charge in [-0.25, -0.2) is 13.4 Å². The lowest BCUT2D eigenvalue weighted by atomic mass is 10.1. The van der Waals surface area contributed by atoms with Gasteiger partial charge in [0.05, 0.1) is 11.5 Å². The number of para-hydroxylation sites is 1. The van der Waals surface area contributed by atoms with E-state index in [2.05, 4.69) is 32.0 Å². The van der Waals surface area contributed by atoms with Crippen LogP contribution < -0.4 is 9.46 Å². The number of aryl methyl sites for hydroxylation is 2.